The van der Waals surface area contributed by atoms with Gasteiger partial charge >= 0.3 is 0 Å². The number of rotatable bonds is 2. The first-order valence-corrected chi connectivity index (χ1v) is 13.7. The monoisotopic (exact) mass is 444 g/mol. The van der Waals surface area contributed by atoms with E-state index in [1.807, 2.05) is 0 Å². The van der Waals surface area contributed by atoms with E-state index >= 15 is 0 Å². The molecule has 0 aromatic carbocycles. The quantitative estimate of drug-likeness (QED) is 0.548. The number of hydrogen-bond donors (Lipinski definition) is 2. The molecule has 0 saturated heterocycles. The number of fused-ring (bicyclic) bond motifs is 7. The Hall–Kier alpha value is -0.410. The molecule has 0 radical (unpaired) electrons. The van der Waals surface area contributed by atoms with Gasteiger partial charge in [0.1, 0.15) is 5.78 Å². The summed E-state index contributed by atoms with van der Waals surface area (Å²) in [7, 11) is 0. The lowest BCUT2D eigenvalue weighted by Crippen LogP contribution is -2.66. The van der Waals surface area contributed by atoms with Crippen LogP contribution in [0.15, 0.2) is 0 Å². The van der Waals surface area contributed by atoms with Crippen molar-refractivity contribution in [1.29, 1.82) is 0 Å². The summed E-state index contributed by atoms with van der Waals surface area (Å²) >= 11 is 0. The van der Waals surface area contributed by atoms with Crippen molar-refractivity contribution >= 4 is 5.78 Å². The van der Waals surface area contributed by atoms with Crippen LogP contribution < -0.4 is 0 Å². The van der Waals surface area contributed by atoms with E-state index < -0.39 is 0 Å². The number of Topliss-reactive ketones (excluding diaryl/α,β-unsaturated/α-hetero) is 1. The number of ketones is 1. The zero-order chi connectivity index (χ0) is 23.3. The van der Waals surface area contributed by atoms with Crippen LogP contribution in [0.5, 0.6) is 0 Å². The first-order chi connectivity index (χ1) is 14.9. The highest BCUT2D eigenvalue weighted by molar-refractivity contribution is 5.79. The molecular formula is C29H48O3. The average Bonchev–Trinajstić information content (AvgIpc) is 3.12. The standard InChI is InChI=1S/C29H48O3/c1-18(31)19-9-14-29(17-30)16-15-27(5)20(24(19)29)7-8-22-26(4)12-11-23(32)25(2,3)21(26)10-13-28(22,27)6/h19-24,30,32H,7-17H2,1-6H3/t19-,20+,21-,22+,23+,24+,26-,27+,28+,29+/m0/s1. The van der Waals surface area contributed by atoms with Crippen molar-refractivity contribution in [2.75, 3.05) is 6.61 Å². The van der Waals surface area contributed by atoms with Gasteiger partial charge in [0.15, 0.2) is 0 Å². The summed E-state index contributed by atoms with van der Waals surface area (Å²) in [5.41, 5.74) is 0.805. The molecule has 2 N–H and O–H groups in total. The first-order valence-electron chi connectivity index (χ1n) is 13.7. The maximum absolute atomic E-state index is 12.7. The molecule has 0 aromatic heterocycles. The molecule has 32 heavy (non-hydrogen) atoms. The number of hydrogen-bond acceptors (Lipinski definition) is 3. The molecular weight excluding hydrogens is 396 g/mol. The Morgan fingerprint density at radius 2 is 1.53 bits per heavy atom. The van der Waals surface area contributed by atoms with Gasteiger partial charge in [0, 0.05) is 12.5 Å². The number of carbonyl (C=O) groups excluding carboxylic acids is 1. The second-order valence-corrected chi connectivity index (χ2v) is 14.3. The zero-order valence-corrected chi connectivity index (χ0v) is 21.5. The van der Waals surface area contributed by atoms with Gasteiger partial charge in [-0.1, -0.05) is 34.6 Å². The van der Waals surface area contributed by atoms with Crippen molar-refractivity contribution in [3.8, 4) is 0 Å². The van der Waals surface area contributed by atoms with Gasteiger partial charge in [0.25, 0.3) is 0 Å². The van der Waals surface area contributed by atoms with Crippen molar-refractivity contribution in [3.63, 3.8) is 0 Å². The van der Waals surface area contributed by atoms with Gasteiger partial charge in [0.05, 0.1) is 6.10 Å². The second-order valence-electron chi connectivity index (χ2n) is 14.3. The lowest BCUT2D eigenvalue weighted by Gasteiger charge is -2.72. The van der Waals surface area contributed by atoms with E-state index in [0.717, 1.165) is 32.1 Å². The van der Waals surface area contributed by atoms with Gasteiger partial charge in [-0.25, -0.2) is 0 Å². The van der Waals surface area contributed by atoms with Crippen LogP contribution in [0.1, 0.15) is 106 Å². The molecule has 0 heterocycles. The molecule has 182 valence electrons. The Morgan fingerprint density at radius 1 is 0.812 bits per heavy atom. The van der Waals surface area contributed by atoms with Crippen LogP contribution in [0.3, 0.4) is 0 Å². The minimum atomic E-state index is -0.175. The van der Waals surface area contributed by atoms with Crippen LogP contribution in [-0.4, -0.2) is 28.7 Å². The van der Waals surface area contributed by atoms with Crippen molar-refractivity contribution < 1.29 is 15.0 Å². The molecule has 3 nitrogen and oxygen atoms in total. The van der Waals surface area contributed by atoms with E-state index in [-0.39, 0.29) is 40.3 Å². The van der Waals surface area contributed by atoms with E-state index in [4.69, 9.17) is 0 Å². The van der Waals surface area contributed by atoms with Crippen LogP contribution in [0.4, 0.5) is 0 Å². The summed E-state index contributed by atoms with van der Waals surface area (Å²) in [6.07, 6.45) is 11.2. The topological polar surface area (TPSA) is 57.5 Å². The summed E-state index contributed by atoms with van der Waals surface area (Å²) in [6.45, 7) is 14.5. The molecule has 5 fully saturated rings. The van der Waals surface area contributed by atoms with Gasteiger partial charge in [0.2, 0.25) is 0 Å². The van der Waals surface area contributed by atoms with Crippen LogP contribution in [-0.2, 0) is 4.79 Å². The van der Waals surface area contributed by atoms with Gasteiger partial charge in [-0.2, -0.15) is 0 Å². The first kappa shape index (κ1) is 23.3. The second kappa shape index (κ2) is 7.06. The highest BCUT2D eigenvalue weighted by Crippen LogP contribution is 2.77. The predicted molar refractivity (Wildman–Crippen MR) is 128 cm³/mol. The van der Waals surface area contributed by atoms with Crippen LogP contribution in [0.25, 0.3) is 0 Å². The molecule has 3 heteroatoms. The van der Waals surface area contributed by atoms with Gasteiger partial charge in [-0.15, -0.1) is 0 Å². The Kier molecular flexibility index (Phi) is 5.15. The van der Waals surface area contributed by atoms with Gasteiger partial charge in [-0.05, 0) is 122 Å². The Morgan fingerprint density at radius 3 is 2.19 bits per heavy atom. The van der Waals surface area contributed by atoms with Crippen LogP contribution in [0.2, 0.25) is 0 Å². The number of aliphatic hydroxyl groups is 2. The van der Waals surface area contributed by atoms with E-state index in [2.05, 4.69) is 34.6 Å². The van der Waals surface area contributed by atoms with Crippen molar-refractivity contribution in [3.05, 3.63) is 0 Å². The van der Waals surface area contributed by atoms with Crippen molar-refractivity contribution in [2.24, 2.45) is 56.7 Å². The molecule has 0 amide bonds. The lowest BCUT2D eigenvalue weighted by atomic mass is 9.32. The van der Waals surface area contributed by atoms with E-state index in [0.29, 0.717) is 34.9 Å². The molecule has 0 bridgehead atoms. The van der Waals surface area contributed by atoms with E-state index in [9.17, 15) is 15.0 Å². The van der Waals surface area contributed by atoms with E-state index in [1.54, 1.807) is 6.92 Å². The molecule has 5 aliphatic rings. The van der Waals surface area contributed by atoms with Crippen molar-refractivity contribution in [1.82, 2.24) is 0 Å². The minimum absolute atomic E-state index is 0.00410. The maximum Gasteiger partial charge on any atom is 0.133 e. The maximum atomic E-state index is 12.7. The van der Waals surface area contributed by atoms with Crippen molar-refractivity contribution in [2.45, 2.75) is 112 Å². The zero-order valence-electron chi connectivity index (χ0n) is 21.5. The highest BCUT2D eigenvalue weighted by Gasteiger charge is 2.70. The Bertz CT molecular complexity index is 789. The smallest absolute Gasteiger partial charge is 0.133 e. The summed E-state index contributed by atoms with van der Waals surface area (Å²) < 4.78 is 0. The van der Waals surface area contributed by atoms with Crippen LogP contribution in [0, 0.1) is 56.7 Å². The third kappa shape index (κ3) is 2.65. The third-order valence-electron chi connectivity index (χ3n) is 13.4. The largest absolute Gasteiger partial charge is 0.396 e. The summed E-state index contributed by atoms with van der Waals surface area (Å²) in [5, 5.41) is 21.4. The fraction of sp³-hybridized carbons (Fsp3) is 0.966. The summed E-state index contributed by atoms with van der Waals surface area (Å²) in [5.74, 6) is 2.73. The third-order valence-corrected chi connectivity index (χ3v) is 13.4. The SMILES string of the molecule is CC(=O)[C@@H]1CC[C@]2(CO)CC[C@]3(C)[C@H](CC[C@@H]4[C@@]5(C)CC[C@@H](O)C(C)(C)[C@@H]5CC[C@]43C)[C@@H]12. The molecule has 5 rings (SSSR count). The van der Waals surface area contributed by atoms with E-state index in [1.165, 1.54) is 32.1 Å². The Labute approximate surface area is 196 Å². The normalized spacial score (nSPS) is 56.5. The molecule has 0 unspecified atom stereocenters. The van der Waals surface area contributed by atoms with Gasteiger partial charge < -0.3 is 10.2 Å². The predicted octanol–water partition coefficient (Wildman–Crippen LogP) is 6.01. The van der Waals surface area contributed by atoms with Crippen LogP contribution >= 0.6 is 0 Å². The fourth-order valence-corrected chi connectivity index (χ4v) is 11.5. The summed E-state index contributed by atoms with van der Waals surface area (Å²) in [4.78, 5) is 12.7. The van der Waals surface area contributed by atoms with Gasteiger partial charge in [-0.3, -0.25) is 4.79 Å². The minimum Gasteiger partial charge on any atom is -0.396 e. The molecule has 0 spiro atoms. The Balaban J connectivity index is 1.55. The average molecular weight is 445 g/mol. The highest BCUT2D eigenvalue weighted by atomic mass is 16.3. The number of carbonyl (C=O) groups is 1. The molecule has 5 saturated carbocycles. The summed E-state index contributed by atoms with van der Waals surface area (Å²) in [6, 6.07) is 0. The number of aliphatic hydroxyl groups excluding tert-OH is 2. The molecule has 5 aliphatic carbocycles. The molecule has 0 aromatic rings. The lowest BCUT2D eigenvalue weighted by molar-refractivity contribution is -0.249. The molecule has 0 aliphatic heterocycles. The molecule has 10 atom stereocenters. The fourth-order valence-electron chi connectivity index (χ4n) is 11.5.